The van der Waals surface area contributed by atoms with E-state index < -0.39 is 0 Å². The van der Waals surface area contributed by atoms with Gasteiger partial charge in [-0.15, -0.1) is 0 Å². The minimum absolute atomic E-state index is 0.0614. The molecule has 0 saturated carbocycles. The number of hydrogen-bond donors (Lipinski definition) is 1. The fraction of sp³-hybridized carbons (Fsp3) is 0.619. The summed E-state index contributed by atoms with van der Waals surface area (Å²) in [5.41, 5.74) is 1.37. The van der Waals surface area contributed by atoms with Crippen LogP contribution >= 0.6 is 0 Å². The van der Waals surface area contributed by atoms with Crippen molar-refractivity contribution in [2.45, 2.75) is 45.4 Å². The summed E-state index contributed by atoms with van der Waals surface area (Å²) in [7, 11) is 3.27. The molecule has 0 unspecified atom stereocenters. The second-order valence-corrected chi connectivity index (χ2v) is 7.67. The molecule has 0 saturated heterocycles. The third-order valence-electron chi connectivity index (χ3n) is 4.18. The van der Waals surface area contributed by atoms with Crippen LogP contribution in [0.1, 0.15) is 45.6 Å². The fourth-order valence-corrected chi connectivity index (χ4v) is 2.46. The van der Waals surface area contributed by atoms with Gasteiger partial charge in [-0.1, -0.05) is 32.9 Å². The lowest BCUT2D eigenvalue weighted by atomic mass is 9.87. The van der Waals surface area contributed by atoms with Gasteiger partial charge in [0.15, 0.2) is 0 Å². The third-order valence-corrected chi connectivity index (χ3v) is 4.18. The number of nitrogens with one attached hydrogen (secondary N) is 1. The van der Waals surface area contributed by atoms with Crippen molar-refractivity contribution in [3.8, 4) is 5.75 Å². The molecule has 27 heavy (non-hydrogen) atoms. The lowest BCUT2D eigenvalue weighted by molar-refractivity contribution is -0.134. The van der Waals surface area contributed by atoms with Crippen molar-refractivity contribution in [1.29, 1.82) is 0 Å². The van der Waals surface area contributed by atoms with Gasteiger partial charge in [0, 0.05) is 33.7 Å². The number of ether oxygens (including phenoxy) is 2. The van der Waals surface area contributed by atoms with Gasteiger partial charge in [0.25, 0.3) is 0 Å². The highest BCUT2D eigenvalue weighted by Gasteiger charge is 2.14. The van der Waals surface area contributed by atoms with Crippen LogP contribution in [0.15, 0.2) is 24.3 Å². The Labute approximate surface area is 163 Å². The zero-order valence-electron chi connectivity index (χ0n) is 17.3. The summed E-state index contributed by atoms with van der Waals surface area (Å²) in [6, 6.07) is 8.06. The zero-order chi connectivity index (χ0) is 20.3. The van der Waals surface area contributed by atoms with Crippen LogP contribution in [-0.2, 0) is 19.7 Å². The average molecular weight is 379 g/mol. The monoisotopic (exact) mass is 378 g/mol. The molecular weight excluding hydrogens is 344 g/mol. The van der Waals surface area contributed by atoms with Crippen molar-refractivity contribution < 1.29 is 19.1 Å². The first-order valence-electron chi connectivity index (χ1n) is 9.47. The van der Waals surface area contributed by atoms with Gasteiger partial charge in [0.1, 0.15) is 5.75 Å². The summed E-state index contributed by atoms with van der Waals surface area (Å²) < 4.78 is 10.6. The van der Waals surface area contributed by atoms with E-state index in [-0.39, 0.29) is 23.8 Å². The molecule has 1 N–H and O–H groups in total. The number of hydrogen-bond acceptors (Lipinski definition) is 4. The Morgan fingerprint density at radius 2 is 1.74 bits per heavy atom. The van der Waals surface area contributed by atoms with Gasteiger partial charge in [0.2, 0.25) is 11.8 Å². The van der Waals surface area contributed by atoms with Crippen LogP contribution in [0.25, 0.3) is 0 Å². The maximum absolute atomic E-state index is 12.1. The smallest absolute Gasteiger partial charge is 0.239 e. The van der Waals surface area contributed by atoms with Crippen molar-refractivity contribution in [3.63, 3.8) is 0 Å². The molecule has 0 aromatic heterocycles. The Morgan fingerprint density at radius 3 is 2.33 bits per heavy atom. The largest absolute Gasteiger partial charge is 0.494 e. The lowest BCUT2D eigenvalue weighted by Gasteiger charge is -2.19. The van der Waals surface area contributed by atoms with Gasteiger partial charge < -0.3 is 19.7 Å². The van der Waals surface area contributed by atoms with E-state index in [1.54, 1.807) is 14.2 Å². The van der Waals surface area contributed by atoms with Crippen LogP contribution in [-0.4, -0.2) is 57.2 Å². The van der Waals surface area contributed by atoms with Gasteiger partial charge in [0.05, 0.1) is 13.2 Å². The number of carbonyl (C=O) groups excluding carboxylic acids is 2. The molecule has 6 nitrogen and oxygen atoms in total. The van der Waals surface area contributed by atoms with Crippen LogP contribution < -0.4 is 10.1 Å². The number of methoxy groups -OCH3 is 1. The molecule has 1 rings (SSSR count). The number of nitrogens with zero attached hydrogens (tertiary/aromatic N) is 1. The highest BCUT2D eigenvalue weighted by Crippen LogP contribution is 2.24. The number of amides is 2. The summed E-state index contributed by atoms with van der Waals surface area (Å²) in [6.45, 7) is 8.21. The lowest BCUT2D eigenvalue weighted by Crippen LogP contribution is -2.38. The van der Waals surface area contributed by atoms with Gasteiger partial charge in [-0.05, 0) is 36.0 Å². The molecule has 0 fully saturated rings. The quantitative estimate of drug-likeness (QED) is 0.601. The first-order chi connectivity index (χ1) is 12.7. The van der Waals surface area contributed by atoms with E-state index >= 15 is 0 Å². The Balaban J connectivity index is 2.23. The highest BCUT2D eigenvalue weighted by atomic mass is 16.5. The summed E-state index contributed by atoms with van der Waals surface area (Å²) in [5.74, 6) is 0.588. The van der Waals surface area contributed by atoms with E-state index in [9.17, 15) is 9.59 Å². The van der Waals surface area contributed by atoms with Crippen LogP contribution in [0.4, 0.5) is 0 Å². The molecule has 0 aliphatic heterocycles. The Morgan fingerprint density at radius 1 is 1.07 bits per heavy atom. The Bertz CT molecular complexity index is 579. The van der Waals surface area contributed by atoms with E-state index in [0.717, 1.165) is 12.2 Å². The molecule has 1 aromatic rings. The van der Waals surface area contributed by atoms with E-state index in [1.807, 2.05) is 12.1 Å². The zero-order valence-corrected chi connectivity index (χ0v) is 17.3. The molecule has 0 heterocycles. The first kappa shape index (κ1) is 23.0. The maximum Gasteiger partial charge on any atom is 0.239 e. The molecule has 0 aliphatic carbocycles. The van der Waals surface area contributed by atoms with E-state index in [2.05, 4.69) is 38.2 Å². The predicted molar refractivity (Wildman–Crippen MR) is 107 cm³/mol. The van der Waals surface area contributed by atoms with Crippen molar-refractivity contribution in [2.75, 3.05) is 40.5 Å². The first-order valence-corrected chi connectivity index (χ1v) is 9.47. The molecule has 6 heteroatoms. The SMILES string of the molecule is COCCCNC(=O)CN(C)C(=O)CCCOc1ccc(C(C)(C)C)cc1. The minimum Gasteiger partial charge on any atom is -0.494 e. The summed E-state index contributed by atoms with van der Waals surface area (Å²) >= 11 is 0. The van der Waals surface area contributed by atoms with E-state index in [1.165, 1.54) is 10.5 Å². The molecule has 1 aromatic carbocycles. The number of benzene rings is 1. The van der Waals surface area contributed by atoms with Gasteiger partial charge in [-0.3, -0.25) is 9.59 Å². The molecular formula is C21H34N2O4. The van der Waals surface area contributed by atoms with Crippen molar-refractivity contribution in [1.82, 2.24) is 10.2 Å². The van der Waals surface area contributed by atoms with Gasteiger partial charge >= 0.3 is 0 Å². The third kappa shape index (κ3) is 9.43. The minimum atomic E-state index is -0.155. The Hall–Kier alpha value is -2.08. The van der Waals surface area contributed by atoms with Crippen molar-refractivity contribution in [3.05, 3.63) is 29.8 Å². The van der Waals surface area contributed by atoms with Crippen LogP contribution in [0.5, 0.6) is 5.75 Å². The second-order valence-electron chi connectivity index (χ2n) is 7.67. The van der Waals surface area contributed by atoms with Crippen LogP contribution in [0.2, 0.25) is 0 Å². The van der Waals surface area contributed by atoms with E-state index in [0.29, 0.717) is 32.6 Å². The van der Waals surface area contributed by atoms with Crippen molar-refractivity contribution in [2.24, 2.45) is 0 Å². The average Bonchev–Trinajstić information content (AvgIpc) is 2.61. The summed E-state index contributed by atoms with van der Waals surface area (Å²) in [6.07, 6.45) is 1.72. The predicted octanol–water partition coefficient (Wildman–Crippen LogP) is 2.75. The molecule has 152 valence electrons. The number of rotatable bonds is 11. The Kier molecular flexibility index (Phi) is 9.86. The molecule has 0 radical (unpaired) electrons. The second kappa shape index (κ2) is 11.6. The number of carbonyl (C=O) groups is 2. The normalized spacial score (nSPS) is 11.1. The fourth-order valence-electron chi connectivity index (χ4n) is 2.46. The van der Waals surface area contributed by atoms with Crippen LogP contribution in [0, 0.1) is 0 Å². The van der Waals surface area contributed by atoms with E-state index in [4.69, 9.17) is 9.47 Å². The molecule has 0 bridgehead atoms. The molecule has 0 aliphatic rings. The molecule has 2 amide bonds. The summed E-state index contributed by atoms with van der Waals surface area (Å²) in [4.78, 5) is 25.3. The summed E-state index contributed by atoms with van der Waals surface area (Å²) in [5, 5.41) is 2.77. The molecule has 0 atom stereocenters. The topological polar surface area (TPSA) is 67.9 Å². The standard InChI is InChI=1S/C21H34N2O4/c1-21(2,3)17-9-11-18(12-10-17)27-15-6-8-20(25)23(4)16-19(24)22-13-7-14-26-5/h9-12H,6-8,13-16H2,1-5H3,(H,22,24). The highest BCUT2D eigenvalue weighted by molar-refractivity contribution is 5.84. The molecule has 0 spiro atoms. The number of likely N-dealkylation sites (N-methyl/N-ethyl adjacent to an activating group) is 1. The van der Waals surface area contributed by atoms with Crippen molar-refractivity contribution >= 4 is 11.8 Å². The van der Waals surface area contributed by atoms with Gasteiger partial charge in [-0.2, -0.15) is 0 Å². The maximum atomic E-state index is 12.1. The van der Waals surface area contributed by atoms with Gasteiger partial charge in [-0.25, -0.2) is 0 Å². The van der Waals surface area contributed by atoms with Crippen LogP contribution in [0.3, 0.4) is 0 Å².